The van der Waals surface area contributed by atoms with E-state index in [1.165, 1.54) is 31.5 Å². The molecule has 1 aromatic rings. The molecule has 1 aliphatic heterocycles. The van der Waals surface area contributed by atoms with Crippen molar-refractivity contribution in [3.05, 3.63) is 29.8 Å². The van der Waals surface area contributed by atoms with Gasteiger partial charge in [0.2, 0.25) is 11.8 Å². The Balaban J connectivity index is 1.38. The van der Waals surface area contributed by atoms with Crippen molar-refractivity contribution in [1.29, 1.82) is 0 Å². The lowest BCUT2D eigenvalue weighted by Gasteiger charge is -2.14. The molecule has 1 aromatic carbocycles. The van der Waals surface area contributed by atoms with Crippen molar-refractivity contribution in [2.75, 3.05) is 31.5 Å². The zero-order chi connectivity index (χ0) is 17.5. The zero-order valence-corrected chi connectivity index (χ0v) is 14.9. The Morgan fingerprint density at radius 2 is 1.68 bits per heavy atom. The quantitative estimate of drug-likeness (QED) is 0.800. The fourth-order valence-electron chi connectivity index (χ4n) is 3.75. The molecule has 2 amide bonds. The predicted molar refractivity (Wildman–Crippen MR) is 99.4 cm³/mol. The molecule has 5 nitrogen and oxygen atoms in total. The van der Waals surface area contributed by atoms with Gasteiger partial charge in [-0.2, -0.15) is 0 Å². The second kappa shape index (κ2) is 8.99. The van der Waals surface area contributed by atoms with E-state index in [1.807, 2.05) is 12.1 Å². The van der Waals surface area contributed by atoms with E-state index in [0.29, 0.717) is 0 Å². The van der Waals surface area contributed by atoms with Gasteiger partial charge in [0.15, 0.2) is 0 Å². The highest BCUT2D eigenvalue weighted by Gasteiger charge is 2.22. The summed E-state index contributed by atoms with van der Waals surface area (Å²) in [6, 6.07) is 8.03. The number of carbonyl (C=O) groups excluding carboxylic acids is 2. The second-order valence-electron chi connectivity index (χ2n) is 7.24. The Kier molecular flexibility index (Phi) is 6.45. The number of nitrogens with one attached hydrogen (secondary N) is 2. The van der Waals surface area contributed by atoms with Gasteiger partial charge < -0.3 is 15.5 Å². The Morgan fingerprint density at radius 3 is 2.36 bits per heavy atom. The first kappa shape index (κ1) is 17.9. The van der Waals surface area contributed by atoms with Crippen molar-refractivity contribution in [2.24, 2.45) is 5.92 Å². The van der Waals surface area contributed by atoms with E-state index in [1.54, 1.807) is 0 Å². The van der Waals surface area contributed by atoms with E-state index in [-0.39, 0.29) is 24.3 Å². The van der Waals surface area contributed by atoms with Crippen LogP contribution in [-0.4, -0.2) is 42.9 Å². The third kappa shape index (κ3) is 5.56. The number of benzene rings is 1. The first-order valence-electron chi connectivity index (χ1n) is 9.59. The highest BCUT2D eigenvalue weighted by atomic mass is 16.2. The van der Waals surface area contributed by atoms with Gasteiger partial charge in [0.25, 0.3) is 0 Å². The zero-order valence-electron chi connectivity index (χ0n) is 14.9. The minimum Gasteiger partial charge on any atom is -0.347 e. The molecule has 1 heterocycles. The molecule has 0 bridgehead atoms. The molecular formula is C20H29N3O2. The molecule has 1 saturated carbocycles. The lowest BCUT2D eigenvalue weighted by Crippen LogP contribution is -2.36. The average Bonchev–Trinajstić information content (AvgIpc) is 3.32. The number of rotatable bonds is 7. The molecule has 5 heteroatoms. The fraction of sp³-hybridized carbons (Fsp3) is 0.600. The number of carbonyl (C=O) groups is 2. The van der Waals surface area contributed by atoms with Gasteiger partial charge in [-0.3, -0.25) is 9.59 Å². The topological polar surface area (TPSA) is 61.4 Å². The number of hydrogen-bond acceptors (Lipinski definition) is 3. The molecule has 0 atom stereocenters. The third-order valence-corrected chi connectivity index (χ3v) is 5.30. The van der Waals surface area contributed by atoms with Gasteiger partial charge in [0.1, 0.15) is 0 Å². The minimum absolute atomic E-state index is 0.0184. The third-order valence-electron chi connectivity index (χ3n) is 5.30. The summed E-state index contributed by atoms with van der Waals surface area (Å²) < 4.78 is 0. The molecule has 136 valence electrons. The lowest BCUT2D eigenvalue weighted by atomic mass is 10.1. The monoisotopic (exact) mass is 343 g/mol. The number of anilines is 1. The van der Waals surface area contributed by atoms with Gasteiger partial charge in [-0.25, -0.2) is 0 Å². The average molecular weight is 343 g/mol. The minimum atomic E-state index is -0.170. The van der Waals surface area contributed by atoms with Crippen LogP contribution in [-0.2, 0) is 16.0 Å². The van der Waals surface area contributed by atoms with E-state index in [2.05, 4.69) is 27.7 Å². The maximum Gasteiger partial charge on any atom is 0.243 e. The summed E-state index contributed by atoms with van der Waals surface area (Å²) >= 11 is 0. The molecule has 2 aliphatic rings. The van der Waals surface area contributed by atoms with Crippen LogP contribution >= 0.6 is 0 Å². The van der Waals surface area contributed by atoms with Crippen LogP contribution in [0.1, 0.15) is 44.1 Å². The summed E-state index contributed by atoms with van der Waals surface area (Å²) in [7, 11) is 0. The number of nitrogens with zero attached hydrogens (tertiary/aromatic N) is 1. The van der Waals surface area contributed by atoms with Crippen molar-refractivity contribution in [3.8, 4) is 0 Å². The molecule has 1 aliphatic carbocycles. The van der Waals surface area contributed by atoms with Gasteiger partial charge in [-0.1, -0.05) is 25.0 Å². The maximum absolute atomic E-state index is 12.0. The van der Waals surface area contributed by atoms with Gasteiger partial charge >= 0.3 is 0 Å². The molecule has 1 saturated heterocycles. The highest BCUT2D eigenvalue weighted by molar-refractivity contribution is 5.94. The standard InChI is InChI=1S/C20H29N3O2/c24-19(15-21-20(25)17-5-1-2-6-17)22-18-9-7-16(8-10-18)11-14-23-12-3-4-13-23/h7-10,17H,1-6,11-15H2,(H,21,25)(H,22,24). The molecule has 2 fully saturated rings. The number of amides is 2. The summed E-state index contributed by atoms with van der Waals surface area (Å²) in [5.74, 6) is -0.0521. The largest absolute Gasteiger partial charge is 0.347 e. The van der Waals surface area contributed by atoms with Crippen molar-refractivity contribution >= 4 is 17.5 Å². The molecule has 3 rings (SSSR count). The SMILES string of the molecule is O=C(CNC(=O)C1CCCC1)Nc1ccc(CCN2CCCC2)cc1. The number of hydrogen-bond donors (Lipinski definition) is 2. The Hall–Kier alpha value is -1.88. The molecule has 25 heavy (non-hydrogen) atoms. The molecule has 0 unspecified atom stereocenters. The predicted octanol–water partition coefficient (Wildman–Crippen LogP) is 2.57. The first-order chi connectivity index (χ1) is 12.2. The Bertz CT molecular complexity index is 573. The van der Waals surface area contributed by atoms with Crippen molar-refractivity contribution in [3.63, 3.8) is 0 Å². The number of likely N-dealkylation sites (tertiary alicyclic amines) is 1. The van der Waals surface area contributed by atoms with Gasteiger partial charge in [-0.15, -0.1) is 0 Å². The maximum atomic E-state index is 12.0. The van der Waals surface area contributed by atoms with Crippen LogP contribution in [0.4, 0.5) is 5.69 Å². The summed E-state index contributed by atoms with van der Waals surface area (Å²) in [6.07, 6.45) is 7.83. The first-order valence-corrected chi connectivity index (χ1v) is 9.59. The van der Waals surface area contributed by atoms with E-state index in [4.69, 9.17) is 0 Å². The molecule has 0 spiro atoms. The summed E-state index contributed by atoms with van der Waals surface area (Å²) in [6.45, 7) is 3.60. The molecule has 0 radical (unpaired) electrons. The Morgan fingerprint density at radius 1 is 1.00 bits per heavy atom. The van der Waals surface area contributed by atoms with E-state index < -0.39 is 0 Å². The fourth-order valence-corrected chi connectivity index (χ4v) is 3.75. The molecule has 0 aromatic heterocycles. The normalized spacial score (nSPS) is 18.4. The van der Waals surface area contributed by atoms with Crippen molar-refractivity contribution < 1.29 is 9.59 Å². The highest BCUT2D eigenvalue weighted by Crippen LogP contribution is 2.24. The van der Waals surface area contributed by atoms with E-state index in [9.17, 15) is 9.59 Å². The second-order valence-corrected chi connectivity index (χ2v) is 7.24. The smallest absolute Gasteiger partial charge is 0.243 e. The van der Waals surface area contributed by atoms with Crippen LogP contribution in [0.25, 0.3) is 0 Å². The van der Waals surface area contributed by atoms with E-state index in [0.717, 1.165) is 44.3 Å². The summed E-state index contributed by atoms with van der Waals surface area (Å²) in [4.78, 5) is 26.4. The van der Waals surface area contributed by atoms with Crippen LogP contribution in [0, 0.1) is 5.92 Å². The molecule has 2 N–H and O–H groups in total. The Labute approximate surface area is 150 Å². The van der Waals surface area contributed by atoms with Crippen LogP contribution < -0.4 is 10.6 Å². The van der Waals surface area contributed by atoms with E-state index >= 15 is 0 Å². The van der Waals surface area contributed by atoms with Crippen LogP contribution in [0.5, 0.6) is 0 Å². The van der Waals surface area contributed by atoms with Crippen LogP contribution in [0.3, 0.4) is 0 Å². The summed E-state index contributed by atoms with van der Waals surface area (Å²) in [5, 5.41) is 5.60. The van der Waals surface area contributed by atoms with Crippen LogP contribution in [0.15, 0.2) is 24.3 Å². The van der Waals surface area contributed by atoms with Gasteiger partial charge in [0.05, 0.1) is 6.54 Å². The van der Waals surface area contributed by atoms with Gasteiger partial charge in [-0.05, 0) is 62.9 Å². The lowest BCUT2D eigenvalue weighted by molar-refractivity contribution is -0.127. The molecular weight excluding hydrogens is 314 g/mol. The van der Waals surface area contributed by atoms with Crippen molar-refractivity contribution in [1.82, 2.24) is 10.2 Å². The summed E-state index contributed by atoms with van der Waals surface area (Å²) in [5.41, 5.74) is 2.07. The van der Waals surface area contributed by atoms with Crippen molar-refractivity contribution in [2.45, 2.75) is 44.9 Å². The van der Waals surface area contributed by atoms with Gasteiger partial charge in [0, 0.05) is 18.2 Å². The van der Waals surface area contributed by atoms with Crippen LogP contribution in [0.2, 0.25) is 0 Å².